The largest absolute Gasteiger partial charge is 0.480 e. The van der Waals surface area contributed by atoms with Crippen LogP contribution in [0.1, 0.15) is 0 Å². The predicted octanol–water partition coefficient (Wildman–Crippen LogP) is -1.64. The number of nitrogens with zero attached hydrogens (tertiary/aromatic N) is 1. The SMILES string of the molecule is N=C(N)C(N)=NCC(=O)O. The second kappa shape index (κ2) is 3.44. The Labute approximate surface area is 57.1 Å². The lowest BCUT2D eigenvalue weighted by Crippen LogP contribution is -2.30. The van der Waals surface area contributed by atoms with Crippen LogP contribution in [0.4, 0.5) is 0 Å². The Morgan fingerprint density at radius 3 is 2.40 bits per heavy atom. The van der Waals surface area contributed by atoms with Crippen molar-refractivity contribution in [3.05, 3.63) is 0 Å². The van der Waals surface area contributed by atoms with Gasteiger partial charge in [0.2, 0.25) is 0 Å². The van der Waals surface area contributed by atoms with Gasteiger partial charge in [-0.15, -0.1) is 0 Å². The van der Waals surface area contributed by atoms with Gasteiger partial charge in [-0.25, -0.2) is 0 Å². The van der Waals surface area contributed by atoms with E-state index in [1.807, 2.05) is 0 Å². The van der Waals surface area contributed by atoms with Crippen molar-refractivity contribution in [3.63, 3.8) is 0 Å². The van der Waals surface area contributed by atoms with Crippen LogP contribution in [0.5, 0.6) is 0 Å². The van der Waals surface area contributed by atoms with Crippen LogP contribution >= 0.6 is 0 Å². The Balaban J connectivity index is 3.92. The van der Waals surface area contributed by atoms with Crippen LogP contribution in [0.3, 0.4) is 0 Å². The predicted molar refractivity (Wildman–Crippen MR) is 36.0 cm³/mol. The highest BCUT2D eigenvalue weighted by atomic mass is 16.4. The minimum atomic E-state index is -1.11. The Hall–Kier alpha value is -1.59. The summed E-state index contributed by atoms with van der Waals surface area (Å²) in [5.74, 6) is -1.77. The third kappa shape index (κ3) is 3.42. The van der Waals surface area contributed by atoms with Gasteiger partial charge in [0.05, 0.1) is 0 Å². The number of aliphatic carboxylic acids is 1. The van der Waals surface area contributed by atoms with Gasteiger partial charge in [0.25, 0.3) is 0 Å². The first-order chi connectivity index (χ1) is 4.54. The molecule has 0 unspecified atom stereocenters. The van der Waals surface area contributed by atoms with Crippen LogP contribution in [0.25, 0.3) is 0 Å². The van der Waals surface area contributed by atoms with E-state index >= 15 is 0 Å². The molecule has 56 valence electrons. The van der Waals surface area contributed by atoms with Crippen LogP contribution in [0.15, 0.2) is 4.99 Å². The fourth-order valence-corrected chi connectivity index (χ4v) is 0.238. The zero-order chi connectivity index (χ0) is 8.15. The lowest BCUT2D eigenvalue weighted by atomic mass is 10.5. The summed E-state index contributed by atoms with van der Waals surface area (Å²) in [6.45, 7) is -0.453. The molecule has 0 atom stereocenters. The third-order valence-electron chi connectivity index (χ3n) is 0.661. The maximum Gasteiger partial charge on any atom is 0.325 e. The lowest BCUT2D eigenvalue weighted by molar-refractivity contribution is -0.135. The van der Waals surface area contributed by atoms with Crippen molar-refractivity contribution in [3.8, 4) is 0 Å². The maximum atomic E-state index is 9.85. The van der Waals surface area contributed by atoms with Gasteiger partial charge in [-0.3, -0.25) is 15.2 Å². The van der Waals surface area contributed by atoms with Crippen molar-refractivity contribution in [2.75, 3.05) is 6.54 Å². The molecule has 0 rings (SSSR count). The number of nitrogens with two attached hydrogens (primary N) is 2. The number of hydrogen-bond donors (Lipinski definition) is 4. The highest BCUT2D eigenvalue weighted by Gasteiger charge is 1.97. The van der Waals surface area contributed by atoms with Gasteiger partial charge in [-0.1, -0.05) is 0 Å². The molecule has 10 heavy (non-hydrogen) atoms. The number of carboxylic acid groups (broad SMARTS) is 1. The summed E-state index contributed by atoms with van der Waals surface area (Å²) in [6, 6.07) is 0. The van der Waals surface area contributed by atoms with Crippen molar-refractivity contribution in [1.82, 2.24) is 0 Å². The summed E-state index contributed by atoms with van der Waals surface area (Å²) in [6.07, 6.45) is 0. The molecule has 0 radical (unpaired) electrons. The van der Waals surface area contributed by atoms with Gasteiger partial charge in [0, 0.05) is 0 Å². The summed E-state index contributed by atoms with van der Waals surface area (Å²) in [4.78, 5) is 13.1. The van der Waals surface area contributed by atoms with Crippen LogP contribution in [0.2, 0.25) is 0 Å². The third-order valence-corrected chi connectivity index (χ3v) is 0.661. The van der Waals surface area contributed by atoms with Gasteiger partial charge in [0.15, 0.2) is 11.7 Å². The lowest BCUT2D eigenvalue weighted by Gasteiger charge is -1.93. The Morgan fingerprint density at radius 1 is 1.60 bits per heavy atom. The number of hydrogen-bond acceptors (Lipinski definition) is 3. The number of aliphatic imine (C=N–C) groups is 1. The molecular formula is C4H8N4O2. The van der Waals surface area contributed by atoms with Crippen molar-refractivity contribution >= 4 is 17.6 Å². The average molecular weight is 144 g/mol. The minimum Gasteiger partial charge on any atom is -0.480 e. The Kier molecular flexibility index (Phi) is 2.89. The highest BCUT2D eigenvalue weighted by Crippen LogP contribution is 1.71. The van der Waals surface area contributed by atoms with Gasteiger partial charge in [0.1, 0.15) is 6.54 Å². The average Bonchev–Trinajstić information content (AvgIpc) is 1.82. The molecule has 0 saturated carbocycles. The van der Waals surface area contributed by atoms with Crippen LogP contribution in [-0.4, -0.2) is 29.3 Å². The monoisotopic (exact) mass is 144 g/mol. The molecule has 6 nitrogen and oxygen atoms in total. The summed E-state index contributed by atoms with van der Waals surface area (Å²) in [7, 11) is 0. The van der Waals surface area contributed by atoms with E-state index in [-0.39, 0.29) is 5.84 Å². The van der Waals surface area contributed by atoms with Crippen molar-refractivity contribution in [1.29, 1.82) is 5.41 Å². The fraction of sp³-hybridized carbons (Fsp3) is 0.250. The fourth-order valence-electron chi connectivity index (χ4n) is 0.238. The summed E-state index contributed by atoms with van der Waals surface area (Å²) in [5, 5.41) is 14.7. The van der Waals surface area contributed by atoms with E-state index < -0.39 is 18.3 Å². The maximum absolute atomic E-state index is 9.85. The van der Waals surface area contributed by atoms with E-state index in [9.17, 15) is 4.79 Å². The second-order valence-corrected chi connectivity index (χ2v) is 1.51. The number of nitrogens with one attached hydrogen (secondary N) is 1. The van der Waals surface area contributed by atoms with Gasteiger partial charge < -0.3 is 16.6 Å². The van der Waals surface area contributed by atoms with Crippen molar-refractivity contribution in [2.45, 2.75) is 0 Å². The standard InChI is InChI=1S/C4H8N4O2/c5-3(6)4(7)8-1-2(9)10/h1H2,(H3,5,6)(H2,7,8)(H,9,10). The molecule has 0 spiro atoms. The van der Waals surface area contributed by atoms with E-state index in [0.717, 1.165) is 0 Å². The molecule has 0 saturated heterocycles. The minimum absolute atomic E-state index is 0.248. The number of rotatable bonds is 2. The first-order valence-corrected chi connectivity index (χ1v) is 2.40. The van der Waals surface area contributed by atoms with Gasteiger partial charge in [-0.2, -0.15) is 0 Å². The van der Waals surface area contributed by atoms with E-state index in [2.05, 4.69) is 4.99 Å². The Morgan fingerprint density at radius 2 is 2.10 bits per heavy atom. The normalized spacial score (nSPS) is 11.0. The topological polar surface area (TPSA) is 126 Å². The van der Waals surface area contributed by atoms with E-state index in [1.54, 1.807) is 0 Å². The van der Waals surface area contributed by atoms with Crippen molar-refractivity contribution < 1.29 is 9.90 Å². The summed E-state index contributed by atoms with van der Waals surface area (Å²) < 4.78 is 0. The van der Waals surface area contributed by atoms with Crippen LogP contribution < -0.4 is 11.5 Å². The first-order valence-electron chi connectivity index (χ1n) is 2.40. The number of amidine groups is 2. The smallest absolute Gasteiger partial charge is 0.325 e. The molecule has 0 aromatic rings. The molecule has 0 amide bonds. The molecule has 0 aromatic heterocycles. The molecule has 0 heterocycles. The van der Waals surface area contributed by atoms with Crippen LogP contribution in [-0.2, 0) is 4.79 Å². The first kappa shape index (κ1) is 8.41. The molecule has 6 heteroatoms. The molecule has 0 bridgehead atoms. The molecule has 6 N–H and O–H groups in total. The second-order valence-electron chi connectivity index (χ2n) is 1.51. The van der Waals surface area contributed by atoms with E-state index in [0.29, 0.717) is 0 Å². The zero-order valence-corrected chi connectivity index (χ0v) is 5.16. The molecule has 0 aliphatic heterocycles. The quantitative estimate of drug-likeness (QED) is 0.274. The molecular weight excluding hydrogens is 136 g/mol. The molecule has 0 aliphatic carbocycles. The Bertz CT molecular complexity index is 186. The molecule has 0 fully saturated rings. The van der Waals surface area contributed by atoms with Gasteiger partial charge in [-0.05, 0) is 0 Å². The van der Waals surface area contributed by atoms with Crippen LogP contribution in [0, 0.1) is 5.41 Å². The summed E-state index contributed by atoms with van der Waals surface area (Å²) >= 11 is 0. The zero-order valence-electron chi connectivity index (χ0n) is 5.16. The van der Waals surface area contributed by atoms with E-state index in [4.69, 9.17) is 22.0 Å². The number of carbonyl (C=O) groups is 1. The van der Waals surface area contributed by atoms with E-state index in [1.165, 1.54) is 0 Å². The highest BCUT2D eigenvalue weighted by molar-refractivity contribution is 6.38. The summed E-state index contributed by atoms with van der Waals surface area (Å²) in [5.41, 5.74) is 9.86. The van der Waals surface area contributed by atoms with Crippen molar-refractivity contribution in [2.24, 2.45) is 16.5 Å². The molecule has 0 aliphatic rings. The number of carboxylic acids is 1. The molecule has 0 aromatic carbocycles. The van der Waals surface area contributed by atoms with Gasteiger partial charge >= 0.3 is 5.97 Å².